The fourth-order valence-electron chi connectivity index (χ4n) is 5.24. The molecule has 0 spiro atoms. The van der Waals surface area contributed by atoms with Gasteiger partial charge >= 0.3 is 0 Å². The van der Waals surface area contributed by atoms with Crippen molar-refractivity contribution in [1.82, 2.24) is 9.78 Å². The summed E-state index contributed by atoms with van der Waals surface area (Å²) >= 11 is 0. The van der Waals surface area contributed by atoms with Gasteiger partial charge in [-0.25, -0.2) is 18.8 Å². The molecule has 166 valence electrons. The van der Waals surface area contributed by atoms with E-state index in [4.69, 9.17) is 19.4 Å². The minimum atomic E-state index is -3.50. The Balaban J connectivity index is 1.47. The second kappa shape index (κ2) is 7.32. The van der Waals surface area contributed by atoms with Crippen molar-refractivity contribution in [2.24, 2.45) is 5.14 Å². The van der Waals surface area contributed by atoms with Crippen molar-refractivity contribution in [2.75, 3.05) is 19.0 Å². The number of fused-ring (bicyclic) bond motifs is 3. The van der Waals surface area contributed by atoms with Crippen LogP contribution in [0.1, 0.15) is 54.0 Å². The van der Waals surface area contributed by atoms with Crippen LogP contribution in [-0.4, -0.2) is 39.7 Å². The van der Waals surface area contributed by atoms with E-state index >= 15 is 0 Å². The molecule has 1 aromatic heterocycles. The molecule has 1 aliphatic heterocycles. The van der Waals surface area contributed by atoms with Crippen molar-refractivity contribution in [3.8, 4) is 5.88 Å². The van der Waals surface area contributed by atoms with E-state index in [2.05, 4.69) is 16.5 Å². The second-order valence-electron chi connectivity index (χ2n) is 8.63. The molecule has 0 fully saturated rings. The number of ether oxygens (including phenoxy) is 2. The smallest absolute Gasteiger partial charge is 0.267 e. The Labute approximate surface area is 181 Å². The highest BCUT2D eigenvalue weighted by molar-refractivity contribution is 7.90. The van der Waals surface area contributed by atoms with Crippen LogP contribution in [0.5, 0.6) is 5.88 Å². The highest BCUT2D eigenvalue weighted by atomic mass is 32.2. The van der Waals surface area contributed by atoms with Crippen molar-refractivity contribution >= 4 is 21.5 Å². The molecule has 3 aliphatic rings. The van der Waals surface area contributed by atoms with E-state index in [0.717, 1.165) is 37.8 Å². The lowest BCUT2D eigenvalue weighted by Crippen LogP contribution is -2.35. The molecule has 4 N–H and O–H groups in total. The first-order valence-electron chi connectivity index (χ1n) is 10.6. The lowest BCUT2D eigenvalue weighted by molar-refractivity contribution is -0.123. The van der Waals surface area contributed by atoms with Gasteiger partial charge in [-0.05, 0) is 61.3 Å². The summed E-state index contributed by atoms with van der Waals surface area (Å²) < 4.78 is 32.5. The summed E-state index contributed by atoms with van der Waals surface area (Å²) in [4.78, 5) is 13.4. The molecular weight excluding hydrogens is 418 g/mol. The first-order chi connectivity index (χ1) is 14.8. The van der Waals surface area contributed by atoms with E-state index in [0.29, 0.717) is 6.61 Å². The molecule has 0 saturated heterocycles. The van der Waals surface area contributed by atoms with Crippen LogP contribution in [0.2, 0.25) is 0 Å². The molecule has 2 aromatic rings. The SMILES string of the molecule is COC[C@H]1CCc2cc3c(c(NC(=O)C4Oc5c(S(=N)(N)=O)cnn5C4C)c21)CCC3. The summed E-state index contributed by atoms with van der Waals surface area (Å²) in [5.41, 5.74) is 5.94. The van der Waals surface area contributed by atoms with Crippen LogP contribution in [0.25, 0.3) is 0 Å². The molecule has 0 radical (unpaired) electrons. The number of nitrogens with zero attached hydrogens (tertiary/aromatic N) is 2. The molecule has 0 bridgehead atoms. The number of rotatable bonds is 5. The minimum Gasteiger partial charge on any atom is -0.461 e. The van der Waals surface area contributed by atoms with Crippen molar-refractivity contribution in [1.29, 1.82) is 4.78 Å². The maximum absolute atomic E-state index is 13.4. The Morgan fingerprint density at radius 1 is 1.42 bits per heavy atom. The van der Waals surface area contributed by atoms with Crippen LogP contribution in [0.15, 0.2) is 17.2 Å². The van der Waals surface area contributed by atoms with Crippen LogP contribution in [0.3, 0.4) is 0 Å². The quantitative estimate of drug-likeness (QED) is 0.650. The van der Waals surface area contributed by atoms with Crippen LogP contribution in [0.4, 0.5) is 5.69 Å². The van der Waals surface area contributed by atoms with Gasteiger partial charge in [0.1, 0.15) is 14.8 Å². The molecule has 0 saturated carbocycles. The lowest BCUT2D eigenvalue weighted by Gasteiger charge is -2.22. The predicted molar refractivity (Wildman–Crippen MR) is 115 cm³/mol. The van der Waals surface area contributed by atoms with E-state index < -0.39 is 22.1 Å². The number of amides is 1. The van der Waals surface area contributed by atoms with Crippen LogP contribution < -0.4 is 15.2 Å². The molecule has 10 heteroatoms. The number of aromatic nitrogens is 2. The van der Waals surface area contributed by atoms with Crippen molar-refractivity contribution in [2.45, 2.75) is 62.0 Å². The number of carbonyl (C=O) groups excluding carboxylic acids is 1. The van der Waals surface area contributed by atoms with E-state index in [1.54, 1.807) is 7.11 Å². The average Bonchev–Trinajstić information content (AvgIpc) is 3.46. The molecule has 3 unspecified atom stereocenters. The Hall–Kier alpha value is -2.43. The van der Waals surface area contributed by atoms with Gasteiger partial charge in [-0.15, -0.1) is 0 Å². The zero-order chi connectivity index (χ0) is 21.9. The third-order valence-corrected chi connectivity index (χ3v) is 7.61. The van der Waals surface area contributed by atoms with Gasteiger partial charge in [0.2, 0.25) is 12.0 Å². The highest BCUT2D eigenvalue weighted by Crippen LogP contribution is 2.45. The topological polar surface area (TPSA) is 132 Å². The number of nitrogens with one attached hydrogen (secondary N) is 2. The van der Waals surface area contributed by atoms with Gasteiger partial charge in [-0.1, -0.05) is 6.07 Å². The number of hydrogen-bond donors (Lipinski definition) is 3. The molecule has 2 heterocycles. The van der Waals surface area contributed by atoms with Gasteiger partial charge < -0.3 is 14.8 Å². The summed E-state index contributed by atoms with van der Waals surface area (Å²) in [6.45, 7) is 2.44. The van der Waals surface area contributed by atoms with E-state index in [-0.39, 0.29) is 22.6 Å². The second-order valence-corrected chi connectivity index (χ2v) is 10.3. The van der Waals surface area contributed by atoms with Gasteiger partial charge in [0.25, 0.3) is 5.91 Å². The van der Waals surface area contributed by atoms with E-state index in [1.807, 2.05) is 6.92 Å². The summed E-state index contributed by atoms with van der Waals surface area (Å²) in [5.74, 6) is 0.120. The molecule has 4 atom stereocenters. The normalized spacial score (nSPS) is 25.5. The largest absolute Gasteiger partial charge is 0.461 e. The number of aryl methyl sites for hydroxylation is 2. The first-order valence-corrected chi connectivity index (χ1v) is 12.2. The monoisotopic (exact) mass is 445 g/mol. The zero-order valence-electron chi connectivity index (χ0n) is 17.6. The summed E-state index contributed by atoms with van der Waals surface area (Å²) in [5, 5.41) is 12.8. The fraction of sp³-hybridized carbons (Fsp3) is 0.524. The number of methoxy groups -OCH3 is 1. The van der Waals surface area contributed by atoms with Gasteiger partial charge in [0.15, 0.2) is 0 Å². The molecule has 5 rings (SSSR count). The van der Waals surface area contributed by atoms with Gasteiger partial charge in [-0.2, -0.15) is 5.10 Å². The van der Waals surface area contributed by atoms with Crippen molar-refractivity contribution < 1.29 is 18.5 Å². The third-order valence-electron chi connectivity index (χ3n) is 6.68. The molecule has 1 aromatic carbocycles. The Kier molecular flexibility index (Phi) is 4.83. The number of hydrogen-bond acceptors (Lipinski definition) is 6. The molecular formula is C21H27N5O4S. The average molecular weight is 446 g/mol. The summed E-state index contributed by atoms with van der Waals surface area (Å²) in [6.07, 6.45) is 5.49. The van der Waals surface area contributed by atoms with E-state index in [1.165, 1.54) is 33.1 Å². The van der Waals surface area contributed by atoms with Crippen LogP contribution >= 0.6 is 0 Å². The summed E-state index contributed by atoms with van der Waals surface area (Å²) in [6, 6.07) is 1.90. The molecule has 31 heavy (non-hydrogen) atoms. The molecule has 2 aliphatic carbocycles. The maximum atomic E-state index is 13.4. The Morgan fingerprint density at radius 2 is 2.23 bits per heavy atom. The Bertz CT molecular complexity index is 1170. The first kappa shape index (κ1) is 20.5. The van der Waals surface area contributed by atoms with Crippen molar-refractivity contribution in [3.05, 3.63) is 34.5 Å². The minimum absolute atomic E-state index is 0.0105. The predicted octanol–water partition coefficient (Wildman–Crippen LogP) is 2.29. The number of carbonyl (C=O) groups is 1. The lowest BCUT2D eigenvalue weighted by atomic mass is 9.94. The standard InChI is InChI=1S/C21H27N5O4S/c1-11-19(30-21-16(31(22,23)28)9-24-26(11)21)20(27)25-18-15-5-3-4-12(15)8-13-6-7-14(10-29-2)17(13)18/h8-9,11,14,19H,3-7,10H2,1-2H3,(H,25,27)(H3,22,23,28)/t11?,14-,19?/m1/s1. The molecule has 9 nitrogen and oxygen atoms in total. The zero-order valence-corrected chi connectivity index (χ0v) is 18.5. The van der Waals surface area contributed by atoms with Gasteiger partial charge in [0.05, 0.1) is 18.8 Å². The number of nitrogens with two attached hydrogens (primary N) is 1. The number of benzene rings is 1. The van der Waals surface area contributed by atoms with Crippen LogP contribution in [0, 0.1) is 4.78 Å². The molecule has 1 amide bonds. The Morgan fingerprint density at radius 3 is 2.97 bits per heavy atom. The fourth-order valence-corrected chi connectivity index (χ4v) is 5.85. The van der Waals surface area contributed by atoms with Crippen LogP contribution in [-0.2, 0) is 38.7 Å². The number of anilines is 1. The van der Waals surface area contributed by atoms with Gasteiger partial charge in [0, 0.05) is 18.7 Å². The summed E-state index contributed by atoms with van der Waals surface area (Å²) in [7, 11) is -1.79. The van der Waals surface area contributed by atoms with Crippen molar-refractivity contribution in [3.63, 3.8) is 0 Å². The maximum Gasteiger partial charge on any atom is 0.267 e. The highest BCUT2D eigenvalue weighted by Gasteiger charge is 2.41. The third kappa shape index (κ3) is 3.24. The van der Waals surface area contributed by atoms with E-state index in [9.17, 15) is 9.00 Å². The van der Waals surface area contributed by atoms with Gasteiger partial charge in [-0.3, -0.25) is 4.79 Å².